The first-order chi connectivity index (χ1) is 15.9. The third-order valence-electron chi connectivity index (χ3n) is 5.60. The SMILES string of the molecule is COC(=O)c1ccc2c(c1)NC(=O)/C2=C(\Nc1ccc(CN(C)C)c(C)c1)c1ccccc1. The summed E-state index contributed by atoms with van der Waals surface area (Å²) >= 11 is 0. The average Bonchev–Trinajstić information content (AvgIpc) is 3.13. The molecule has 1 heterocycles. The maximum atomic E-state index is 13.1. The summed E-state index contributed by atoms with van der Waals surface area (Å²) in [6, 6.07) is 21.1. The molecular weight excluding hydrogens is 414 g/mol. The molecule has 6 heteroatoms. The number of hydrogen-bond donors (Lipinski definition) is 2. The lowest BCUT2D eigenvalue weighted by Crippen LogP contribution is -2.12. The minimum Gasteiger partial charge on any atom is -0.465 e. The van der Waals surface area contributed by atoms with Gasteiger partial charge in [-0.15, -0.1) is 0 Å². The van der Waals surface area contributed by atoms with Crippen LogP contribution < -0.4 is 10.6 Å². The van der Waals surface area contributed by atoms with Gasteiger partial charge in [-0.2, -0.15) is 0 Å². The molecule has 0 aliphatic carbocycles. The number of nitrogens with one attached hydrogen (secondary N) is 2. The second-order valence-corrected chi connectivity index (χ2v) is 8.33. The fraction of sp³-hybridized carbons (Fsp3) is 0.185. The zero-order valence-electron chi connectivity index (χ0n) is 19.2. The molecule has 0 unspecified atom stereocenters. The average molecular weight is 442 g/mol. The number of nitrogens with zero attached hydrogens (tertiary/aromatic N) is 1. The van der Waals surface area contributed by atoms with Crippen LogP contribution in [-0.4, -0.2) is 38.0 Å². The van der Waals surface area contributed by atoms with E-state index < -0.39 is 5.97 Å². The lowest BCUT2D eigenvalue weighted by Gasteiger charge is -2.17. The van der Waals surface area contributed by atoms with Gasteiger partial charge in [0.1, 0.15) is 0 Å². The Kier molecular flexibility index (Phi) is 6.29. The first-order valence-corrected chi connectivity index (χ1v) is 10.7. The Hall–Kier alpha value is -3.90. The molecule has 1 amide bonds. The van der Waals surface area contributed by atoms with Crippen LogP contribution in [0.5, 0.6) is 0 Å². The maximum Gasteiger partial charge on any atom is 0.337 e. The van der Waals surface area contributed by atoms with E-state index in [-0.39, 0.29) is 5.91 Å². The third-order valence-corrected chi connectivity index (χ3v) is 5.60. The van der Waals surface area contributed by atoms with E-state index >= 15 is 0 Å². The van der Waals surface area contributed by atoms with E-state index in [9.17, 15) is 9.59 Å². The van der Waals surface area contributed by atoms with Crippen molar-refractivity contribution in [1.29, 1.82) is 0 Å². The molecule has 1 aliphatic heterocycles. The van der Waals surface area contributed by atoms with Crippen LogP contribution in [0.1, 0.15) is 32.6 Å². The minimum absolute atomic E-state index is 0.223. The number of carbonyl (C=O) groups excluding carboxylic acids is 2. The zero-order valence-corrected chi connectivity index (χ0v) is 19.2. The summed E-state index contributed by atoms with van der Waals surface area (Å²) in [4.78, 5) is 27.2. The monoisotopic (exact) mass is 441 g/mol. The van der Waals surface area contributed by atoms with Gasteiger partial charge in [0.25, 0.3) is 5.91 Å². The normalized spacial score (nSPS) is 14.0. The lowest BCUT2D eigenvalue weighted by atomic mass is 9.98. The van der Waals surface area contributed by atoms with Gasteiger partial charge in [-0.1, -0.05) is 42.5 Å². The van der Waals surface area contributed by atoms with Crippen molar-refractivity contribution in [2.24, 2.45) is 0 Å². The van der Waals surface area contributed by atoms with E-state index in [1.54, 1.807) is 18.2 Å². The van der Waals surface area contributed by atoms with Crippen molar-refractivity contribution in [3.8, 4) is 0 Å². The highest BCUT2D eigenvalue weighted by molar-refractivity contribution is 6.37. The molecule has 3 aromatic carbocycles. The van der Waals surface area contributed by atoms with Crippen molar-refractivity contribution in [3.63, 3.8) is 0 Å². The molecule has 0 radical (unpaired) electrons. The fourth-order valence-corrected chi connectivity index (χ4v) is 3.99. The van der Waals surface area contributed by atoms with E-state index in [1.165, 1.54) is 18.2 Å². The van der Waals surface area contributed by atoms with Crippen LogP contribution in [-0.2, 0) is 16.1 Å². The Bertz CT molecular complexity index is 1250. The zero-order chi connectivity index (χ0) is 23.5. The van der Waals surface area contributed by atoms with Crippen LogP contribution in [0.4, 0.5) is 11.4 Å². The van der Waals surface area contributed by atoms with E-state index in [2.05, 4.69) is 34.6 Å². The van der Waals surface area contributed by atoms with Crippen molar-refractivity contribution in [3.05, 3.63) is 94.5 Å². The van der Waals surface area contributed by atoms with Crippen LogP contribution >= 0.6 is 0 Å². The number of benzene rings is 3. The van der Waals surface area contributed by atoms with Crippen molar-refractivity contribution in [1.82, 2.24) is 4.90 Å². The molecule has 6 nitrogen and oxygen atoms in total. The standard InChI is InChI=1S/C27H27N3O3/c1-17-14-21(12-10-20(17)16-30(2)3)28-25(18-8-6-5-7-9-18)24-22-13-11-19(27(32)33-4)15-23(22)29-26(24)31/h5-15,28H,16H2,1-4H3,(H,29,31)/b25-24-. The molecule has 0 fully saturated rings. The number of ether oxygens (including phenoxy) is 1. The van der Waals surface area contributed by atoms with E-state index in [4.69, 9.17) is 4.74 Å². The molecule has 0 saturated carbocycles. The van der Waals surface area contributed by atoms with Gasteiger partial charge in [0.15, 0.2) is 0 Å². The molecule has 0 bridgehead atoms. The van der Waals surface area contributed by atoms with Gasteiger partial charge in [-0.05, 0) is 62.0 Å². The Labute approximate surface area is 193 Å². The number of amides is 1. The van der Waals surface area contributed by atoms with Crippen LogP contribution in [0.15, 0.2) is 66.7 Å². The Morgan fingerprint density at radius 3 is 2.42 bits per heavy atom. The molecule has 168 valence electrons. The van der Waals surface area contributed by atoms with Gasteiger partial charge >= 0.3 is 5.97 Å². The highest BCUT2D eigenvalue weighted by Crippen LogP contribution is 2.38. The smallest absolute Gasteiger partial charge is 0.337 e. The van der Waals surface area contributed by atoms with Crippen molar-refractivity contribution < 1.29 is 14.3 Å². The first-order valence-electron chi connectivity index (χ1n) is 10.7. The Morgan fingerprint density at radius 1 is 1.00 bits per heavy atom. The molecule has 0 saturated heterocycles. The third kappa shape index (κ3) is 4.66. The van der Waals surface area contributed by atoms with Gasteiger partial charge in [0.05, 0.1) is 29.6 Å². The second-order valence-electron chi connectivity index (χ2n) is 8.33. The van der Waals surface area contributed by atoms with Crippen LogP contribution in [0, 0.1) is 6.92 Å². The molecule has 2 N–H and O–H groups in total. The number of methoxy groups -OCH3 is 1. The molecule has 0 atom stereocenters. The second kappa shape index (κ2) is 9.30. The van der Waals surface area contributed by atoms with E-state index in [1.807, 2.05) is 50.5 Å². The summed E-state index contributed by atoms with van der Waals surface area (Å²) in [6.07, 6.45) is 0. The highest BCUT2D eigenvalue weighted by Gasteiger charge is 2.29. The van der Waals surface area contributed by atoms with Crippen molar-refractivity contribution in [2.45, 2.75) is 13.5 Å². The number of aryl methyl sites for hydroxylation is 1. The van der Waals surface area contributed by atoms with Crippen molar-refractivity contribution >= 4 is 34.5 Å². The van der Waals surface area contributed by atoms with Gasteiger partial charge in [-0.25, -0.2) is 4.79 Å². The number of fused-ring (bicyclic) bond motifs is 1. The lowest BCUT2D eigenvalue weighted by molar-refractivity contribution is -0.110. The topological polar surface area (TPSA) is 70.7 Å². The van der Waals surface area contributed by atoms with Gasteiger partial charge in [0, 0.05) is 17.8 Å². The summed E-state index contributed by atoms with van der Waals surface area (Å²) in [7, 11) is 5.43. The van der Waals surface area contributed by atoms with Crippen molar-refractivity contribution in [2.75, 3.05) is 31.8 Å². The fourth-order valence-electron chi connectivity index (χ4n) is 3.99. The Balaban J connectivity index is 1.81. The molecular formula is C27H27N3O3. The highest BCUT2D eigenvalue weighted by atomic mass is 16.5. The maximum absolute atomic E-state index is 13.1. The summed E-state index contributed by atoms with van der Waals surface area (Å²) in [5.41, 5.74) is 7.16. The summed E-state index contributed by atoms with van der Waals surface area (Å²) in [5, 5.41) is 6.39. The Morgan fingerprint density at radius 2 is 1.76 bits per heavy atom. The summed E-state index contributed by atoms with van der Waals surface area (Å²) < 4.78 is 4.81. The molecule has 0 spiro atoms. The minimum atomic E-state index is -0.445. The molecule has 33 heavy (non-hydrogen) atoms. The van der Waals surface area contributed by atoms with E-state index in [0.29, 0.717) is 22.5 Å². The van der Waals surface area contributed by atoms with Crippen LogP contribution in [0.3, 0.4) is 0 Å². The van der Waals surface area contributed by atoms with Crippen LogP contribution in [0.2, 0.25) is 0 Å². The predicted octanol–water partition coefficient (Wildman–Crippen LogP) is 4.78. The number of esters is 1. The van der Waals surface area contributed by atoms with E-state index in [0.717, 1.165) is 23.4 Å². The van der Waals surface area contributed by atoms with Gasteiger partial charge in [0.2, 0.25) is 0 Å². The predicted molar refractivity (Wildman–Crippen MR) is 132 cm³/mol. The number of hydrogen-bond acceptors (Lipinski definition) is 5. The van der Waals surface area contributed by atoms with Crippen LogP contribution in [0.25, 0.3) is 11.3 Å². The molecule has 4 rings (SSSR count). The first kappa shape index (κ1) is 22.3. The largest absolute Gasteiger partial charge is 0.465 e. The van der Waals surface area contributed by atoms with Gasteiger partial charge < -0.3 is 20.3 Å². The van der Waals surface area contributed by atoms with Gasteiger partial charge in [-0.3, -0.25) is 4.79 Å². The quantitative estimate of drug-likeness (QED) is 0.426. The summed E-state index contributed by atoms with van der Waals surface area (Å²) in [5.74, 6) is -0.668. The molecule has 3 aromatic rings. The number of anilines is 2. The molecule has 1 aliphatic rings. The summed E-state index contributed by atoms with van der Waals surface area (Å²) in [6.45, 7) is 2.95. The number of carbonyl (C=O) groups is 2. The molecule has 0 aromatic heterocycles. The number of rotatable bonds is 6.